The summed E-state index contributed by atoms with van der Waals surface area (Å²) in [7, 11) is 3.35. The first-order valence-electron chi connectivity index (χ1n) is 11.1. The Bertz CT molecular complexity index is 1070. The van der Waals surface area contributed by atoms with Crippen LogP contribution in [0.15, 0.2) is 72.8 Å². The van der Waals surface area contributed by atoms with Gasteiger partial charge in [0, 0.05) is 22.9 Å². The average Bonchev–Trinajstić information content (AvgIpc) is 3.33. The molecule has 1 saturated heterocycles. The fraction of sp³-hybridized carbons (Fsp3) is 0.296. The Labute approximate surface area is 190 Å². The number of para-hydroxylation sites is 1. The van der Waals surface area contributed by atoms with E-state index in [1.807, 2.05) is 67.6 Å². The molecule has 1 heterocycles. The van der Waals surface area contributed by atoms with Crippen molar-refractivity contribution in [3.63, 3.8) is 0 Å². The van der Waals surface area contributed by atoms with Gasteiger partial charge in [0.25, 0.3) is 0 Å². The van der Waals surface area contributed by atoms with E-state index < -0.39 is 0 Å². The van der Waals surface area contributed by atoms with E-state index in [1.165, 1.54) is 0 Å². The number of carbonyl (C=O) groups excluding carboxylic acids is 1. The molecule has 4 rings (SSSR count). The smallest absolute Gasteiger partial charge is 0.241 e. The first kappa shape index (κ1) is 21.9. The molecule has 5 heteroatoms. The summed E-state index contributed by atoms with van der Waals surface area (Å²) >= 11 is 0. The molecular formula is C27H30N2O3. The van der Waals surface area contributed by atoms with Gasteiger partial charge in [0.15, 0.2) is 0 Å². The minimum atomic E-state index is -0.290. The van der Waals surface area contributed by atoms with E-state index in [4.69, 9.17) is 9.47 Å². The van der Waals surface area contributed by atoms with E-state index >= 15 is 0 Å². The Morgan fingerprint density at radius 2 is 1.75 bits per heavy atom. The van der Waals surface area contributed by atoms with Gasteiger partial charge in [-0.25, -0.2) is 0 Å². The predicted molar refractivity (Wildman–Crippen MR) is 128 cm³/mol. The molecule has 1 amide bonds. The molecule has 0 spiro atoms. The molecule has 32 heavy (non-hydrogen) atoms. The van der Waals surface area contributed by atoms with Crippen LogP contribution in [0, 0.1) is 0 Å². The summed E-state index contributed by atoms with van der Waals surface area (Å²) in [4.78, 5) is 15.6. The number of hydrogen-bond acceptors (Lipinski definition) is 4. The molecule has 1 aliphatic rings. The van der Waals surface area contributed by atoms with E-state index in [0.29, 0.717) is 0 Å². The van der Waals surface area contributed by atoms with Gasteiger partial charge in [-0.1, -0.05) is 48.5 Å². The molecule has 2 atom stereocenters. The number of likely N-dealkylation sites (tertiary alicyclic amines) is 1. The lowest BCUT2D eigenvalue weighted by Gasteiger charge is -2.31. The van der Waals surface area contributed by atoms with Crippen LogP contribution in [0.4, 0.5) is 5.69 Å². The maximum absolute atomic E-state index is 13.3. The largest absolute Gasteiger partial charge is 0.497 e. The first-order valence-corrected chi connectivity index (χ1v) is 11.1. The second-order valence-corrected chi connectivity index (χ2v) is 8.08. The predicted octanol–water partition coefficient (Wildman–Crippen LogP) is 5.53. The Balaban J connectivity index is 1.56. The van der Waals surface area contributed by atoms with Gasteiger partial charge in [-0.3, -0.25) is 9.69 Å². The minimum Gasteiger partial charge on any atom is -0.497 e. The zero-order valence-corrected chi connectivity index (χ0v) is 18.9. The van der Waals surface area contributed by atoms with Gasteiger partial charge < -0.3 is 14.8 Å². The van der Waals surface area contributed by atoms with Crippen molar-refractivity contribution in [1.82, 2.24) is 4.90 Å². The maximum atomic E-state index is 13.3. The first-order chi connectivity index (χ1) is 15.6. The molecule has 0 bridgehead atoms. The summed E-state index contributed by atoms with van der Waals surface area (Å²) in [6.45, 7) is 2.84. The van der Waals surface area contributed by atoms with Crippen LogP contribution in [0.3, 0.4) is 0 Å². The number of rotatable bonds is 7. The van der Waals surface area contributed by atoms with Gasteiger partial charge in [0.05, 0.1) is 20.3 Å². The fourth-order valence-electron chi connectivity index (χ4n) is 4.54. The molecule has 0 radical (unpaired) electrons. The van der Waals surface area contributed by atoms with Crippen LogP contribution in [-0.2, 0) is 4.79 Å². The van der Waals surface area contributed by atoms with Crippen molar-refractivity contribution in [2.45, 2.75) is 31.8 Å². The molecule has 0 aromatic heterocycles. The highest BCUT2D eigenvalue weighted by atomic mass is 16.5. The number of amides is 1. The lowest BCUT2D eigenvalue weighted by molar-refractivity contribution is -0.121. The minimum absolute atomic E-state index is 0.0119. The Hall–Kier alpha value is -3.31. The van der Waals surface area contributed by atoms with Crippen molar-refractivity contribution >= 4 is 11.6 Å². The third-order valence-corrected chi connectivity index (χ3v) is 6.24. The summed E-state index contributed by atoms with van der Waals surface area (Å²) in [5.74, 6) is 1.61. The summed E-state index contributed by atoms with van der Waals surface area (Å²) < 4.78 is 11.1. The number of benzene rings is 3. The molecule has 2 unspecified atom stereocenters. The Morgan fingerprint density at radius 3 is 2.50 bits per heavy atom. The van der Waals surface area contributed by atoms with Crippen LogP contribution in [0.5, 0.6) is 11.5 Å². The van der Waals surface area contributed by atoms with Gasteiger partial charge in [-0.15, -0.1) is 0 Å². The monoisotopic (exact) mass is 430 g/mol. The highest BCUT2D eigenvalue weighted by Gasteiger charge is 2.35. The van der Waals surface area contributed by atoms with Crippen molar-refractivity contribution < 1.29 is 14.3 Å². The quantitative estimate of drug-likeness (QED) is 0.535. The standard InChI is InChI=1S/C27H30N2O3/c1-19(27(30)28-24-13-8-7-12-22(24)20-10-5-4-6-11-20)29-17-9-14-25(29)23-18-21(31-2)15-16-26(23)32-3/h4-8,10-13,15-16,18-19,25H,9,14,17H2,1-3H3,(H,28,30). The second kappa shape index (κ2) is 9.88. The molecule has 0 aliphatic carbocycles. The van der Waals surface area contributed by atoms with E-state index in [9.17, 15) is 4.79 Å². The lowest BCUT2D eigenvalue weighted by atomic mass is 10.0. The highest BCUT2D eigenvalue weighted by molar-refractivity contribution is 5.98. The van der Waals surface area contributed by atoms with Crippen LogP contribution >= 0.6 is 0 Å². The topological polar surface area (TPSA) is 50.8 Å². The van der Waals surface area contributed by atoms with Gasteiger partial charge in [-0.2, -0.15) is 0 Å². The zero-order chi connectivity index (χ0) is 22.5. The van der Waals surface area contributed by atoms with Crippen molar-refractivity contribution in [3.05, 3.63) is 78.4 Å². The van der Waals surface area contributed by atoms with Gasteiger partial charge in [-0.05, 0) is 56.1 Å². The van der Waals surface area contributed by atoms with Crippen molar-refractivity contribution in [3.8, 4) is 22.6 Å². The highest BCUT2D eigenvalue weighted by Crippen LogP contribution is 2.40. The third-order valence-electron chi connectivity index (χ3n) is 6.24. The lowest BCUT2D eigenvalue weighted by Crippen LogP contribution is -2.41. The number of nitrogens with zero attached hydrogens (tertiary/aromatic N) is 1. The molecule has 3 aromatic carbocycles. The number of methoxy groups -OCH3 is 2. The molecular weight excluding hydrogens is 400 g/mol. The Morgan fingerprint density at radius 1 is 1.00 bits per heavy atom. The van der Waals surface area contributed by atoms with Crippen LogP contribution in [0.25, 0.3) is 11.1 Å². The molecule has 3 aromatic rings. The summed E-state index contributed by atoms with van der Waals surface area (Å²) in [6, 6.07) is 23.7. The number of hydrogen-bond donors (Lipinski definition) is 1. The Kier molecular flexibility index (Phi) is 6.76. The maximum Gasteiger partial charge on any atom is 0.241 e. The van der Waals surface area contributed by atoms with Crippen molar-refractivity contribution in [1.29, 1.82) is 0 Å². The van der Waals surface area contributed by atoms with E-state index in [1.54, 1.807) is 14.2 Å². The number of carbonyl (C=O) groups is 1. The van der Waals surface area contributed by atoms with E-state index in [-0.39, 0.29) is 18.0 Å². The van der Waals surface area contributed by atoms with Crippen LogP contribution in [0.1, 0.15) is 31.4 Å². The van der Waals surface area contributed by atoms with Gasteiger partial charge in [0.1, 0.15) is 11.5 Å². The molecule has 166 valence electrons. The fourth-order valence-corrected chi connectivity index (χ4v) is 4.54. The number of anilines is 1. The number of ether oxygens (including phenoxy) is 2. The molecule has 1 aliphatic heterocycles. The van der Waals surface area contributed by atoms with Crippen LogP contribution in [0.2, 0.25) is 0 Å². The van der Waals surface area contributed by atoms with E-state index in [0.717, 1.165) is 53.3 Å². The van der Waals surface area contributed by atoms with Gasteiger partial charge in [0.2, 0.25) is 5.91 Å². The summed E-state index contributed by atoms with van der Waals surface area (Å²) in [5, 5.41) is 3.17. The SMILES string of the molecule is COc1ccc(OC)c(C2CCCN2C(C)C(=O)Nc2ccccc2-c2ccccc2)c1. The van der Waals surface area contributed by atoms with E-state index in [2.05, 4.69) is 22.3 Å². The zero-order valence-electron chi connectivity index (χ0n) is 18.9. The molecule has 1 N–H and O–H groups in total. The third kappa shape index (κ3) is 4.48. The van der Waals surface area contributed by atoms with Gasteiger partial charge >= 0.3 is 0 Å². The normalized spacial score (nSPS) is 17.0. The van der Waals surface area contributed by atoms with Crippen molar-refractivity contribution in [2.24, 2.45) is 0 Å². The molecule has 5 nitrogen and oxygen atoms in total. The van der Waals surface area contributed by atoms with Crippen molar-refractivity contribution in [2.75, 3.05) is 26.1 Å². The van der Waals surface area contributed by atoms with Crippen LogP contribution < -0.4 is 14.8 Å². The van der Waals surface area contributed by atoms with Crippen LogP contribution in [-0.4, -0.2) is 37.6 Å². The summed E-state index contributed by atoms with van der Waals surface area (Å²) in [5.41, 5.74) is 3.98. The molecule has 0 saturated carbocycles. The second-order valence-electron chi connectivity index (χ2n) is 8.08. The average molecular weight is 431 g/mol. The summed E-state index contributed by atoms with van der Waals surface area (Å²) in [6.07, 6.45) is 2.00. The number of nitrogens with one attached hydrogen (secondary N) is 1. The molecule has 1 fully saturated rings.